The van der Waals surface area contributed by atoms with Crippen molar-refractivity contribution in [3.8, 4) is 0 Å². The number of carbonyl (C=O) groups excluding carboxylic acids is 2. The quantitative estimate of drug-likeness (QED) is 0.797. The number of rotatable bonds is 6. The van der Waals surface area contributed by atoms with Gasteiger partial charge in [0.25, 0.3) is 11.8 Å². The van der Waals surface area contributed by atoms with E-state index in [-0.39, 0.29) is 23.5 Å². The molecule has 2 amide bonds. The predicted molar refractivity (Wildman–Crippen MR) is 104 cm³/mol. The Morgan fingerprint density at radius 1 is 1.18 bits per heavy atom. The molecule has 0 saturated carbocycles. The Morgan fingerprint density at radius 2 is 1.89 bits per heavy atom. The summed E-state index contributed by atoms with van der Waals surface area (Å²) >= 11 is 0. The molecule has 148 valence electrons. The minimum absolute atomic E-state index is 0.0994. The maximum absolute atomic E-state index is 13.0. The molecule has 2 N–H and O–H groups in total. The lowest BCUT2D eigenvalue weighted by Crippen LogP contribution is -2.43. The maximum atomic E-state index is 13.0. The van der Waals surface area contributed by atoms with Gasteiger partial charge in [-0.1, -0.05) is 0 Å². The van der Waals surface area contributed by atoms with Crippen LogP contribution in [0.4, 0.5) is 10.3 Å². The zero-order valence-electron chi connectivity index (χ0n) is 15.8. The van der Waals surface area contributed by atoms with Crippen LogP contribution in [0.2, 0.25) is 0 Å². The molecule has 0 spiro atoms. The number of anilines is 1. The fraction of sp³-hybridized carbons (Fsp3) is 0.400. The van der Waals surface area contributed by atoms with Gasteiger partial charge in [0.15, 0.2) is 0 Å². The molecule has 1 fully saturated rings. The van der Waals surface area contributed by atoms with E-state index in [0.717, 1.165) is 12.8 Å². The predicted octanol–water partition coefficient (Wildman–Crippen LogP) is 2.33. The van der Waals surface area contributed by atoms with Crippen molar-refractivity contribution in [2.45, 2.75) is 19.8 Å². The number of nitrogens with zero attached hydrogens (tertiary/aromatic N) is 3. The second kappa shape index (κ2) is 9.25. The van der Waals surface area contributed by atoms with Crippen LogP contribution >= 0.6 is 0 Å². The summed E-state index contributed by atoms with van der Waals surface area (Å²) in [7, 11) is 0. The van der Waals surface area contributed by atoms with Crippen LogP contribution in [-0.2, 0) is 0 Å². The molecule has 0 unspecified atom stereocenters. The molecule has 0 aliphatic carbocycles. The van der Waals surface area contributed by atoms with E-state index in [9.17, 15) is 14.0 Å². The highest BCUT2D eigenvalue weighted by Crippen LogP contribution is 2.18. The third kappa shape index (κ3) is 5.03. The van der Waals surface area contributed by atoms with Gasteiger partial charge in [0.05, 0.1) is 5.56 Å². The van der Waals surface area contributed by atoms with E-state index in [2.05, 4.69) is 20.6 Å². The molecule has 0 radical (unpaired) electrons. The minimum Gasteiger partial charge on any atom is -0.355 e. The molecule has 28 heavy (non-hydrogen) atoms. The Balaban J connectivity index is 1.53. The highest BCUT2D eigenvalue weighted by Gasteiger charge is 2.25. The van der Waals surface area contributed by atoms with E-state index in [1.165, 1.54) is 36.7 Å². The van der Waals surface area contributed by atoms with Gasteiger partial charge in [-0.3, -0.25) is 9.59 Å². The molecule has 1 aliphatic rings. The zero-order chi connectivity index (χ0) is 19.9. The largest absolute Gasteiger partial charge is 0.355 e. The number of hydrogen-bond acceptors (Lipinski definition) is 5. The van der Waals surface area contributed by atoms with Gasteiger partial charge in [-0.15, -0.1) is 0 Å². The number of hydrogen-bond donors (Lipinski definition) is 2. The normalized spacial score (nSPS) is 16.5. The first-order valence-corrected chi connectivity index (χ1v) is 9.45. The number of aromatic nitrogens is 2. The lowest BCUT2D eigenvalue weighted by molar-refractivity contribution is 0.0670. The molecule has 0 bridgehead atoms. The van der Waals surface area contributed by atoms with Crippen molar-refractivity contribution in [1.82, 2.24) is 20.2 Å². The van der Waals surface area contributed by atoms with Crippen molar-refractivity contribution in [2.24, 2.45) is 5.92 Å². The summed E-state index contributed by atoms with van der Waals surface area (Å²) < 4.78 is 13.0. The van der Waals surface area contributed by atoms with Crippen LogP contribution in [0, 0.1) is 11.7 Å². The molecule has 2 heterocycles. The van der Waals surface area contributed by atoms with E-state index in [4.69, 9.17) is 0 Å². The molecule has 1 atom stereocenters. The Kier molecular flexibility index (Phi) is 6.52. The van der Waals surface area contributed by atoms with Crippen molar-refractivity contribution in [3.63, 3.8) is 0 Å². The summed E-state index contributed by atoms with van der Waals surface area (Å²) in [5.74, 6) is -0.0444. The van der Waals surface area contributed by atoms with Gasteiger partial charge in [-0.05, 0) is 49.9 Å². The van der Waals surface area contributed by atoms with Gasteiger partial charge in [-0.25, -0.2) is 14.4 Å². The average Bonchev–Trinajstić information content (AvgIpc) is 2.73. The lowest BCUT2D eigenvalue weighted by Gasteiger charge is -2.32. The number of likely N-dealkylation sites (tertiary alicyclic amines) is 1. The summed E-state index contributed by atoms with van der Waals surface area (Å²) in [6.07, 6.45) is 4.88. The molecule has 1 aromatic carbocycles. The number of nitrogens with one attached hydrogen (secondary N) is 2. The third-order valence-corrected chi connectivity index (χ3v) is 4.70. The van der Waals surface area contributed by atoms with Crippen LogP contribution in [0.3, 0.4) is 0 Å². The van der Waals surface area contributed by atoms with Gasteiger partial charge in [0, 0.05) is 44.1 Å². The van der Waals surface area contributed by atoms with Crippen molar-refractivity contribution >= 4 is 17.8 Å². The third-order valence-electron chi connectivity index (χ3n) is 4.70. The zero-order valence-corrected chi connectivity index (χ0v) is 15.8. The smallest absolute Gasteiger partial charge is 0.257 e. The average molecular weight is 385 g/mol. The number of amides is 2. The van der Waals surface area contributed by atoms with E-state index in [1.54, 1.807) is 4.90 Å². The number of piperidine rings is 1. The highest BCUT2D eigenvalue weighted by atomic mass is 19.1. The lowest BCUT2D eigenvalue weighted by atomic mass is 9.97. The molecule has 7 nitrogen and oxygen atoms in total. The highest BCUT2D eigenvalue weighted by molar-refractivity contribution is 5.94. The SMILES string of the molecule is CCNc1ncc(C(=O)N2CCC[C@@H](CNC(=O)c3ccc(F)cc3)C2)cn1. The second-order valence-electron chi connectivity index (χ2n) is 6.80. The molecule has 1 saturated heterocycles. The maximum Gasteiger partial charge on any atom is 0.257 e. The summed E-state index contributed by atoms with van der Waals surface area (Å²) in [5, 5.41) is 5.87. The van der Waals surface area contributed by atoms with E-state index >= 15 is 0 Å². The standard InChI is InChI=1S/C20H24FN5O2/c1-2-22-20-24-11-16(12-25-20)19(28)26-9-3-4-14(13-26)10-23-18(27)15-5-7-17(21)8-6-15/h5-8,11-12,14H,2-4,9-10,13H2,1H3,(H,23,27)(H,22,24,25)/t14-/m0/s1. The van der Waals surface area contributed by atoms with Gasteiger partial charge in [0.1, 0.15) is 5.82 Å². The Labute approximate surface area is 163 Å². The van der Waals surface area contributed by atoms with E-state index in [0.29, 0.717) is 43.3 Å². The van der Waals surface area contributed by atoms with Crippen LogP contribution in [0.25, 0.3) is 0 Å². The fourth-order valence-electron chi connectivity index (χ4n) is 3.23. The summed E-state index contributed by atoms with van der Waals surface area (Å²) in [6, 6.07) is 5.44. The first kappa shape index (κ1) is 19.7. The second-order valence-corrected chi connectivity index (χ2v) is 6.80. The molecule has 3 rings (SSSR count). The topological polar surface area (TPSA) is 87.2 Å². The molecule has 1 aromatic heterocycles. The Morgan fingerprint density at radius 3 is 2.57 bits per heavy atom. The van der Waals surface area contributed by atoms with Crippen molar-refractivity contribution in [3.05, 3.63) is 53.6 Å². The van der Waals surface area contributed by atoms with Gasteiger partial charge in [-0.2, -0.15) is 0 Å². The number of benzene rings is 1. The summed E-state index contributed by atoms with van der Waals surface area (Å²) in [5.41, 5.74) is 0.876. The van der Waals surface area contributed by atoms with Gasteiger partial charge < -0.3 is 15.5 Å². The van der Waals surface area contributed by atoms with Crippen LogP contribution in [0.1, 0.15) is 40.5 Å². The monoisotopic (exact) mass is 385 g/mol. The molecule has 8 heteroatoms. The van der Waals surface area contributed by atoms with Crippen molar-refractivity contribution in [1.29, 1.82) is 0 Å². The summed E-state index contributed by atoms with van der Waals surface area (Å²) in [4.78, 5) is 35.0. The first-order valence-electron chi connectivity index (χ1n) is 9.45. The minimum atomic E-state index is -0.375. The first-order chi connectivity index (χ1) is 13.6. The Hall–Kier alpha value is -3.03. The molecule has 1 aliphatic heterocycles. The van der Waals surface area contributed by atoms with Crippen LogP contribution in [0.5, 0.6) is 0 Å². The van der Waals surface area contributed by atoms with Crippen LogP contribution < -0.4 is 10.6 Å². The summed E-state index contributed by atoms with van der Waals surface area (Å²) in [6.45, 7) is 4.37. The van der Waals surface area contributed by atoms with Crippen LogP contribution in [-0.4, -0.2) is 52.9 Å². The van der Waals surface area contributed by atoms with Crippen LogP contribution in [0.15, 0.2) is 36.7 Å². The Bertz CT molecular complexity index is 810. The van der Waals surface area contributed by atoms with E-state index < -0.39 is 0 Å². The van der Waals surface area contributed by atoms with E-state index in [1.807, 2.05) is 6.92 Å². The van der Waals surface area contributed by atoms with Crippen molar-refractivity contribution in [2.75, 3.05) is 31.5 Å². The van der Waals surface area contributed by atoms with Gasteiger partial charge in [0.2, 0.25) is 5.95 Å². The number of halogens is 1. The molecular formula is C20H24FN5O2. The van der Waals surface area contributed by atoms with Crippen molar-refractivity contribution < 1.29 is 14.0 Å². The fourth-order valence-corrected chi connectivity index (χ4v) is 3.23. The van der Waals surface area contributed by atoms with Gasteiger partial charge >= 0.3 is 0 Å². The molecule has 2 aromatic rings. The molecular weight excluding hydrogens is 361 g/mol. The number of carbonyl (C=O) groups is 2.